The zero-order valence-electron chi connectivity index (χ0n) is 9.52. The molecule has 0 saturated heterocycles. The van der Waals surface area contributed by atoms with Gasteiger partial charge in [0.05, 0.1) is 5.69 Å². The number of thiazole rings is 1. The first-order chi connectivity index (χ1) is 8.83. The van der Waals surface area contributed by atoms with Crippen LogP contribution in [0.5, 0.6) is 5.75 Å². The highest BCUT2D eigenvalue weighted by molar-refractivity contribution is 7.14. The smallest absolute Gasteiger partial charge is 0.191 e. The van der Waals surface area contributed by atoms with Gasteiger partial charge in [-0.2, -0.15) is 0 Å². The predicted molar refractivity (Wildman–Crippen MR) is 74.2 cm³/mol. The van der Waals surface area contributed by atoms with Crippen molar-refractivity contribution >= 4 is 22.7 Å². The van der Waals surface area contributed by atoms with Crippen LogP contribution in [0, 0.1) is 0 Å². The monoisotopic (exact) mass is 257 g/mol. The highest BCUT2D eigenvalue weighted by atomic mass is 32.1. The molecule has 0 spiro atoms. The number of hydrogen-bond acceptors (Lipinski definition) is 5. The van der Waals surface area contributed by atoms with Crippen LogP contribution in [-0.4, -0.2) is 23.0 Å². The summed E-state index contributed by atoms with van der Waals surface area (Å²) in [6, 6.07) is 7.05. The summed E-state index contributed by atoms with van der Waals surface area (Å²) in [7, 11) is 0. The second-order valence-corrected chi connectivity index (χ2v) is 4.68. The van der Waals surface area contributed by atoms with E-state index < -0.39 is 0 Å². The highest BCUT2D eigenvalue weighted by Gasteiger charge is 2.10. The molecule has 0 unspecified atom stereocenters. The second kappa shape index (κ2) is 4.62. The summed E-state index contributed by atoms with van der Waals surface area (Å²) in [5.74, 6) is 0.266. The molecule has 0 bridgehead atoms. The molecule has 2 heterocycles. The Labute approximate surface area is 109 Å². The molecule has 0 aliphatic carbocycles. The molecule has 1 aliphatic rings. The molecule has 1 aliphatic heterocycles. The van der Waals surface area contributed by atoms with Gasteiger partial charge in [-0.25, -0.2) is 4.98 Å². The van der Waals surface area contributed by atoms with Crippen LogP contribution in [0.25, 0.3) is 11.3 Å². The van der Waals surface area contributed by atoms with Crippen LogP contribution in [0.1, 0.15) is 0 Å². The van der Waals surface area contributed by atoms with Gasteiger partial charge in [0.1, 0.15) is 12.4 Å². The maximum Gasteiger partial charge on any atom is 0.191 e. The van der Waals surface area contributed by atoms with E-state index in [0.29, 0.717) is 6.67 Å². The second-order valence-electron chi connectivity index (χ2n) is 3.85. The molecule has 1 N–H and O–H groups in total. The Kier molecular flexibility index (Phi) is 2.82. The Morgan fingerprint density at radius 3 is 2.78 bits per heavy atom. The largest absolute Gasteiger partial charge is 0.508 e. The summed E-state index contributed by atoms with van der Waals surface area (Å²) in [6.07, 6.45) is 5.64. The first kappa shape index (κ1) is 11.0. The summed E-state index contributed by atoms with van der Waals surface area (Å²) in [6.45, 7) is 0.610. The normalized spacial score (nSPS) is 14.1. The summed E-state index contributed by atoms with van der Waals surface area (Å²) in [5.41, 5.74) is 1.91. The molecule has 1 aromatic carbocycles. The van der Waals surface area contributed by atoms with E-state index in [4.69, 9.17) is 0 Å². The summed E-state index contributed by atoms with van der Waals surface area (Å²) in [4.78, 5) is 10.7. The van der Waals surface area contributed by atoms with Crippen molar-refractivity contribution in [3.8, 4) is 17.0 Å². The Bertz CT molecular complexity index is 601. The van der Waals surface area contributed by atoms with Crippen LogP contribution >= 0.6 is 11.3 Å². The number of allylic oxidation sites excluding steroid dienone is 1. The van der Waals surface area contributed by atoms with Crippen molar-refractivity contribution in [3.05, 3.63) is 41.9 Å². The average molecular weight is 257 g/mol. The SMILES string of the molecule is Oc1ccc(-c2csc(N3C=CC=NC3)n2)cc1. The molecule has 18 heavy (non-hydrogen) atoms. The van der Waals surface area contributed by atoms with E-state index in [0.717, 1.165) is 16.4 Å². The molecule has 4 nitrogen and oxygen atoms in total. The zero-order chi connectivity index (χ0) is 12.4. The molecule has 90 valence electrons. The number of hydrogen-bond donors (Lipinski definition) is 1. The lowest BCUT2D eigenvalue weighted by molar-refractivity contribution is 0.475. The fourth-order valence-electron chi connectivity index (χ4n) is 1.67. The molecule has 2 aromatic rings. The lowest BCUT2D eigenvalue weighted by atomic mass is 10.2. The first-order valence-electron chi connectivity index (χ1n) is 5.51. The lowest BCUT2D eigenvalue weighted by Gasteiger charge is -2.15. The summed E-state index contributed by atoms with van der Waals surface area (Å²) >= 11 is 1.58. The van der Waals surface area contributed by atoms with Gasteiger partial charge in [0, 0.05) is 23.4 Å². The van der Waals surface area contributed by atoms with E-state index >= 15 is 0 Å². The maximum atomic E-state index is 9.26. The van der Waals surface area contributed by atoms with Crippen molar-refractivity contribution in [2.45, 2.75) is 0 Å². The van der Waals surface area contributed by atoms with E-state index in [2.05, 4.69) is 9.98 Å². The highest BCUT2D eigenvalue weighted by Crippen LogP contribution is 2.28. The van der Waals surface area contributed by atoms with Crippen LogP contribution < -0.4 is 4.90 Å². The number of phenols is 1. The average Bonchev–Trinajstić information content (AvgIpc) is 2.90. The quantitative estimate of drug-likeness (QED) is 0.900. The van der Waals surface area contributed by atoms with Gasteiger partial charge in [0.2, 0.25) is 0 Å². The Morgan fingerprint density at radius 2 is 2.06 bits per heavy atom. The van der Waals surface area contributed by atoms with Gasteiger partial charge in [0.25, 0.3) is 0 Å². The van der Waals surface area contributed by atoms with Crippen LogP contribution in [0.2, 0.25) is 0 Å². The van der Waals surface area contributed by atoms with Crippen molar-refractivity contribution in [2.24, 2.45) is 4.99 Å². The predicted octanol–water partition coefficient (Wildman–Crippen LogP) is 2.88. The van der Waals surface area contributed by atoms with Crippen LogP contribution in [0.4, 0.5) is 5.13 Å². The summed E-state index contributed by atoms with van der Waals surface area (Å²) in [5, 5.41) is 12.2. The number of anilines is 1. The zero-order valence-corrected chi connectivity index (χ0v) is 10.3. The number of nitrogens with zero attached hydrogens (tertiary/aromatic N) is 3. The number of rotatable bonds is 2. The third-order valence-electron chi connectivity index (χ3n) is 2.59. The molecule has 3 rings (SSSR count). The van der Waals surface area contributed by atoms with E-state index in [1.54, 1.807) is 29.7 Å². The van der Waals surface area contributed by atoms with E-state index in [9.17, 15) is 5.11 Å². The number of aliphatic imine (C=N–C) groups is 1. The van der Waals surface area contributed by atoms with Crippen molar-refractivity contribution in [1.29, 1.82) is 0 Å². The van der Waals surface area contributed by atoms with Gasteiger partial charge in [-0.1, -0.05) is 0 Å². The fourth-order valence-corrected chi connectivity index (χ4v) is 2.48. The Hall–Kier alpha value is -2.14. The van der Waals surface area contributed by atoms with Gasteiger partial charge >= 0.3 is 0 Å². The Morgan fingerprint density at radius 1 is 1.22 bits per heavy atom. The van der Waals surface area contributed by atoms with Crippen molar-refractivity contribution in [2.75, 3.05) is 11.6 Å². The van der Waals surface area contributed by atoms with Gasteiger partial charge < -0.3 is 10.0 Å². The molecule has 0 radical (unpaired) electrons. The molecule has 0 atom stereocenters. The van der Waals surface area contributed by atoms with Gasteiger partial charge in [0.15, 0.2) is 5.13 Å². The topological polar surface area (TPSA) is 48.7 Å². The van der Waals surface area contributed by atoms with Gasteiger partial charge in [-0.3, -0.25) is 4.99 Å². The fraction of sp³-hybridized carbons (Fsp3) is 0.0769. The van der Waals surface area contributed by atoms with Gasteiger partial charge in [-0.05, 0) is 30.3 Å². The first-order valence-corrected chi connectivity index (χ1v) is 6.39. The third-order valence-corrected chi connectivity index (χ3v) is 3.47. The number of benzene rings is 1. The maximum absolute atomic E-state index is 9.26. The molecule has 5 heteroatoms. The van der Waals surface area contributed by atoms with Crippen LogP contribution in [0.15, 0.2) is 46.9 Å². The molecular weight excluding hydrogens is 246 g/mol. The van der Waals surface area contributed by atoms with E-state index in [-0.39, 0.29) is 5.75 Å². The minimum absolute atomic E-state index is 0.266. The summed E-state index contributed by atoms with van der Waals surface area (Å²) < 4.78 is 0. The van der Waals surface area contributed by atoms with Crippen LogP contribution in [-0.2, 0) is 0 Å². The third kappa shape index (κ3) is 2.12. The lowest BCUT2D eigenvalue weighted by Crippen LogP contribution is -2.17. The number of aromatic hydroxyl groups is 1. The molecule has 0 amide bonds. The van der Waals surface area contributed by atoms with E-state index in [1.165, 1.54) is 0 Å². The van der Waals surface area contributed by atoms with E-state index in [1.807, 2.05) is 34.7 Å². The molecular formula is C13H11N3OS. The van der Waals surface area contributed by atoms with Crippen molar-refractivity contribution in [3.63, 3.8) is 0 Å². The van der Waals surface area contributed by atoms with Crippen molar-refractivity contribution < 1.29 is 5.11 Å². The molecule has 1 aromatic heterocycles. The number of aromatic nitrogens is 1. The molecule has 0 saturated carbocycles. The van der Waals surface area contributed by atoms with Crippen LogP contribution in [0.3, 0.4) is 0 Å². The minimum atomic E-state index is 0.266. The molecule has 0 fully saturated rings. The number of phenolic OH excluding ortho intramolecular Hbond substituents is 1. The van der Waals surface area contributed by atoms with Crippen molar-refractivity contribution in [1.82, 2.24) is 4.98 Å². The minimum Gasteiger partial charge on any atom is -0.508 e. The standard InChI is InChI=1S/C13H11N3OS/c17-11-4-2-10(3-5-11)12-8-18-13(15-12)16-7-1-6-14-9-16/h1-8,17H,9H2. The van der Waals surface area contributed by atoms with Gasteiger partial charge in [-0.15, -0.1) is 11.3 Å². The Balaban J connectivity index is 1.87.